The van der Waals surface area contributed by atoms with Crippen LogP contribution in [0.15, 0.2) is 24.3 Å². The average molecular weight is 319 g/mol. The van der Waals surface area contributed by atoms with Gasteiger partial charge in [0, 0.05) is 19.6 Å². The van der Waals surface area contributed by atoms with E-state index in [4.69, 9.17) is 4.74 Å². The fraction of sp³-hybridized carbons (Fsp3) is 0.529. The van der Waals surface area contributed by atoms with Gasteiger partial charge in [0.2, 0.25) is 5.91 Å². The highest BCUT2D eigenvalue weighted by atomic mass is 16.5. The highest BCUT2D eigenvalue weighted by Gasteiger charge is 2.32. The normalized spacial score (nSPS) is 14.5. The molecule has 0 radical (unpaired) electrons. The molecule has 126 valence electrons. The molecular weight excluding hydrogens is 294 g/mol. The lowest BCUT2D eigenvalue weighted by Gasteiger charge is -2.20. The second-order valence-corrected chi connectivity index (χ2v) is 6.06. The maximum atomic E-state index is 12.5. The molecule has 0 aromatic heterocycles. The molecule has 0 saturated carbocycles. The minimum Gasteiger partial charge on any atom is -0.495 e. The fourth-order valence-electron chi connectivity index (χ4n) is 2.54. The molecule has 1 fully saturated rings. The molecular formula is C17H25N3O3. The lowest BCUT2D eigenvalue weighted by Crippen LogP contribution is -2.40. The lowest BCUT2D eigenvalue weighted by atomic mass is 10.1. The Labute approximate surface area is 137 Å². The van der Waals surface area contributed by atoms with E-state index in [2.05, 4.69) is 19.2 Å². The highest BCUT2D eigenvalue weighted by molar-refractivity contribution is 5.97. The van der Waals surface area contributed by atoms with Gasteiger partial charge in [-0.2, -0.15) is 0 Å². The quantitative estimate of drug-likeness (QED) is 0.837. The van der Waals surface area contributed by atoms with Crippen LogP contribution in [-0.2, 0) is 4.79 Å². The molecule has 1 aliphatic rings. The van der Waals surface area contributed by atoms with Crippen LogP contribution < -0.4 is 15.0 Å². The Morgan fingerprint density at radius 3 is 2.74 bits per heavy atom. The second kappa shape index (κ2) is 7.85. The van der Waals surface area contributed by atoms with Gasteiger partial charge in [0.05, 0.1) is 12.8 Å². The van der Waals surface area contributed by atoms with Gasteiger partial charge >= 0.3 is 6.03 Å². The van der Waals surface area contributed by atoms with E-state index in [1.165, 1.54) is 0 Å². The number of urea groups is 1. The summed E-state index contributed by atoms with van der Waals surface area (Å²) in [4.78, 5) is 27.7. The Kier molecular flexibility index (Phi) is 5.84. The van der Waals surface area contributed by atoms with Crippen molar-refractivity contribution in [2.45, 2.75) is 20.3 Å². The molecule has 0 spiro atoms. The first-order valence-electron chi connectivity index (χ1n) is 7.99. The molecule has 23 heavy (non-hydrogen) atoms. The maximum absolute atomic E-state index is 12.5. The summed E-state index contributed by atoms with van der Waals surface area (Å²) in [6.07, 6.45) is 0.938. The van der Waals surface area contributed by atoms with Gasteiger partial charge in [-0.3, -0.25) is 9.69 Å². The first kappa shape index (κ1) is 17.1. The van der Waals surface area contributed by atoms with E-state index in [0.717, 1.165) is 12.1 Å². The molecule has 6 nitrogen and oxygen atoms in total. The number of nitrogens with zero attached hydrogens (tertiary/aromatic N) is 2. The van der Waals surface area contributed by atoms with Crippen molar-refractivity contribution in [3.05, 3.63) is 24.3 Å². The molecule has 1 N–H and O–H groups in total. The van der Waals surface area contributed by atoms with Crippen LogP contribution in [0.4, 0.5) is 10.5 Å². The molecule has 0 aliphatic carbocycles. The average Bonchev–Trinajstić information content (AvgIpc) is 2.87. The monoisotopic (exact) mass is 319 g/mol. The molecule has 3 amide bonds. The number of carbonyl (C=O) groups excluding carboxylic acids is 2. The van der Waals surface area contributed by atoms with Gasteiger partial charge in [-0.25, -0.2) is 4.79 Å². The van der Waals surface area contributed by atoms with E-state index in [0.29, 0.717) is 31.3 Å². The molecule has 1 aromatic rings. The van der Waals surface area contributed by atoms with Crippen LogP contribution in [0.2, 0.25) is 0 Å². The molecule has 0 atom stereocenters. The SMILES string of the molecule is COc1ccccc1N1CCN(CC(=O)NCCC(C)C)C1=O. The van der Waals surface area contributed by atoms with Gasteiger partial charge in [0.25, 0.3) is 0 Å². The fourth-order valence-corrected chi connectivity index (χ4v) is 2.54. The second-order valence-electron chi connectivity index (χ2n) is 6.06. The molecule has 1 aliphatic heterocycles. The molecule has 0 unspecified atom stereocenters. The smallest absolute Gasteiger partial charge is 0.325 e. The summed E-state index contributed by atoms with van der Waals surface area (Å²) in [5, 5.41) is 2.86. The van der Waals surface area contributed by atoms with Gasteiger partial charge in [-0.15, -0.1) is 0 Å². The van der Waals surface area contributed by atoms with E-state index < -0.39 is 0 Å². The molecule has 1 aromatic carbocycles. The van der Waals surface area contributed by atoms with Crippen molar-refractivity contribution < 1.29 is 14.3 Å². The molecule has 2 rings (SSSR count). The largest absolute Gasteiger partial charge is 0.495 e. The zero-order chi connectivity index (χ0) is 16.8. The van der Waals surface area contributed by atoms with E-state index in [1.807, 2.05) is 24.3 Å². The van der Waals surface area contributed by atoms with Crippen molar-refractivity contribution >= 4 is 17.6 Å². The van der Waals surface area contributed by atoms with E-state index in [1.54, 1.807) is 16.9 Å². The topological polar surface area (TPSA) is 61.9 Å². The lowest BCUT2D eigenvalue weighted by molar-refractivity contribution is -0.121. The van der Waals surface area contributed by atoms with Crippen molar-refractivity contribution in [2.75, 3.05) is 38.2 Å². The third-order valence-electron chi connectivity index (χ3n) is 3.85. The number of benzene rings is 1. The summed E-state index contributed by atoms with van der Waals surface area (Å²) in [6, 6.07) is 7.25. The number of rotatable bonds is 7. The molecule has 1 saturated heterocycles. The standard InChI is InChI=1S/C17H25N3O3/c1-13(2)8-9-18-16(21)12-19-10-11-20(17(19)22)14-6-4-5-7-15(14)23-3/h4-7,13H,8-12H2,1-3H3,(H,18,21). The summed E-state index contributed by atoms with van der Waals surface area (Å²) in [6.45, 7) is 6.06. The van der Waals surface area contributed by atoms with E-state index in [-0.39, 0.29) is 18.5 Å². The van der Waals surface area contributed by atoms with Crippen LogP contribution in [0.1, 0.15) is 20.3 Å². The van der Waals surface area contributed by atoms with Crippen molar-refractivity contribution in [3.63, 3.8) is 0 Å². The van der Waals surface area contributed by atoms with Gasteiger partial charge in [0.1, 0.15) is 12.3 Å². The minimum absolute atomic E-state index is 0.0998. The Morgan fingerprint density at radius 2 is 2.04 bits per heavy atom. The van der Waals surface area contributed by atoms with Crippen LogP contribution >= 0.6 is 0 Å². The number of carbonyl (C=O) groups is 2. The summed E-state index contributed by atoms with van der Waals surface area (Å²) in [7, 11) is 1.58. The van der Waals surface area contributed by atoms with Crippen LogP contribution in [0.3, 0.4) is 0 Å². The zero-order valence-electron chi connectivity index (χ0n) is 14.0. The van der Waals surface area contributed by atoms with Crippen LogP contribution in [0, 0.1) is 5.92 Å². The Hall–Kier alpha value is -2.24. The van der Waals surface area contributed by atoms with Gasteiger partial charge in [-0.1, -0.05) is 26.0 Å². The number of amides is 3. The van der Waals surface area contributed by atoms with Crippen molar-refractivity contribution in [2.24, 2.45) is 5.92 Å². The Balaban J connectivity index is 1.92. The summed E-state index contributed by atoms with van der Waals surface area (Å²) in [5.41, 5.74) is 0.739. The van der Waals surface area contributed by atoms with Gasteiger partial charge in [0.15, 0.2) is 0 Å². The van der Waals surface area contributed by atoms with Crippen LogP contribution in [0.5, 0.6) is 5.75 Å². The third-order valence-corrected chi connectivity index (χ3v) is 3.85. The minimum atomic E-state index is -0.159. The number of hydrogen-bond acceptors (Lipinski definition) is 3. The van der Waals surface area contributed by atoms with Crippen LogP contribution in [0.25, 0.3) is 0 Å². The number of anilines is 1. The van der Waals surface area contributed by atoms with E-state index in [9.17, 15) is 9.59 Å². The van der Waals surface area contributed by atoms with Gasteiger partial charge < -0.3 is 15.0 Å². The zero-order valence-corrected chi connectivity index (χ0v) is 14.0. The third kappa shape index (κ3) is 4.37. The number of hydrogen-bond donors (Lipinski definition) is 1. The van der Waals surface area contributed by atoms with Crippen LogP contribution in [-0.4, -0.2) is 50.1 Å². The number of nitrogens with one attached hydrogen (secondary N) is 1. The summed E-state index contributed by atoms with van der Waals surface area (Å²) >= 11 is 0. The number of para-hydroxylation sites is 2. The molecule has 6 heteroatoms. The Morgan fingerprint density at radius 1 is 1.30 bits per heavy atom. The summed E-state index contributed by atoms with van der Waals surface area (Å²) < 4.78 is 5.31. The van der Waals surface area contributed by atoms with Gasteiger partial charge in [-0.05, 0) is 24.5 Å². The highest BCUT2D eigenvalue weighted by Crippen LogP contribution is 2.30. The van der Waals surface area contributed by atoms with Crippen molar-refractivity contribution in [1.82, 2.24) is 10.2 Å². The number of methoxy groups -OCH3 is 1. The first-order chi connectivity index (χ1) is 11.0. The first-order valence-corrected chi connectivity index (χ1v) is 7.99. The Bertz CT molecular complexity index is 560. The number of ether oxygens (including phenoxy) is 1. The maximum Gasteiger partial charge on any atom is 0.325 e. The van der Waals surface area contributed by atoms with E-state index >= 15 is 0 Å². The molecule has 0 bridgehead atoms. The summed E-state index contributed by atoms with van der Waals surface area (Å²) in [5.74, 6) is 1.09. The van der Waals surface area contributed by atoms with Crippen molar-refractivity contribution in [1.29, 1.82) is 0 Å². The molecule has 1 heterocycles. The van der Waals surface area contributed by atoms with Crippen molar-refractivity contribution in [3.8, 4) is 5.75 Å². The predicted molar refractivity (Wildman–Crippen MR) is 89.8 cm³/mol. The predicted octanol–water partition coefficient (Wildman–Crippen LogP) is 2.10.